The summed E-state index contributed by atoms with van der Waals surface area (Å²) in [5.74, 6) is 0.481. The van der Waals surface area contributed by atoms with Crippen molar-refractivity contribution in [1.29, 1.82) is 0 Å². The predicted octanol–water partition coefficient (Wildman–Crippen LogP) is 3.26. The minimum Gasteiger partial charge on any atom is -0.507 e. The summed E-state index contributed by atoms with van der Waals surface area (Å²) in [6.45, 7) is 0. The van der Waals surface area contributed by atoms with E-state index in [9.17, 15) is 23.1 Å². The highest BCUT2D eigenvalue weighted by Crippen LogP contribution is 2.47. The fourth-order valence-corrected chi connectivity index (χ4v) is 5.11. The second kappa shape index (κ2) is 8.33. The van der Waals surface area contributed by atoms with E-state index in [4.69, 9.17) is 0 Å². The van der Waals surface area contributed by atoms with E-state index in [1.165, 1.54) is 22.9 Å². The number of aryl methyl sites for hydroxylation is 1. The third kappa shape index (κ3) is 4.13. The van der Waals surface area contributed by atoms with Gasteiger partial charge in [0.25, 0.3) is 5.56 Å². The number of pyridine rings is 1. The number of rotatable bonds is 4. The summed E-state index contributed by atoms with van der Waals surface area (Å²) in [6, 6.07) is 7.63. The zero-order chi connectivity index (χ0) is 25.0. The first-order chi connectivity index (χ1) is 16.6. The number of nitrogens with zero attached hydrogens (tertiary/aromatic N) is 5. The Hall–Kier alpha value is -3.47. The summed E-state index contributed by atoms with van der Waals surface area (Å²) < 4.78 is 42.7. The third-order valence-corrected chi connectivity index (χ3v) is 7.22. The summed E-state index contributed by atoms with van der Waals surface area (Å²) in [6.07, 6.45) is -0.0947. The van der Waals surface area contributed by atoms with Gasteiger partial charge in [-0.2, -0.15) is 13.2 Å². The molecule has 8 nitrogen and oxygen atoms in total. The molecule has 2 fully saturated rings. The Kier molecular flexibility index (Phi) is 5.54. The number of benzene rings is 1. The second-order valence-corrected chi connectivity index (χ2v) is 9.40. The lowest BCUT2D eigenvalue weighted by molar-refractivity contribution is -0.199. The molecule has 5 rings (SSSR count). The van der Waals surface area contributed by atoms with Crippen molar-refractivity contribution in [3.05, 3.63) is 53.1 Å². The lowest BCUT2D eigenvalue weighted by Crippen LogP contribution is -2.62. The van der Waals surface area contributed by atoms with Crippen molar-refractivity contribution < 1.29 is 18.3 Å². The molecule has 3 aromatic rings. The minimum atomic E-state index is -4.31. The quantitative estimate of drug-likeness (QED) is 0.584. The van der Waals surface area contributed by atoms with Gasteiger partial charge in [0.15, 0.2) is 11.6 Å². The van der Waals surface area contributed by atoms with Crippen molar-refractivity contribution in [3.63, 3.8) is 0 Å². The third-order valence-electron chi connectivity index (χ3n) is 7.22. The molecule has 2 bridgehead atoms. The van der Waals surface area contributed by atoms with Crippen molar-refractivity contribution >= 4 is 5.82 Å². The molecular formula is C24H25F3N6O2. The van der Waals surface area contributed by atoms with Crippen molar-refractivity contribution in [3.8, 4) is 28.3 Å². The van der Waals surface area contributed by atoms with Crippen LogP contribution in [0, 0.1) is 0 Å². The van der Waals surface area contributed by atoms with Crippen molar-refractivity contribution in [1.82, 2.24) is 25.1 Å². The number of piperidine rings is 1. The van der Waals surface area contributed by atoms with Gasteiger partial charge in [0.05, 0.1) is 11.8 Å². The molecule has 1 aromatic carbocycles. The maximum absolute atomic E-state index is 13.8. The van der Waals surface area contributed by atoms with E-state index in [0.717, 1.165) is 0 Å². The average Bonchev–Trinajstić information content (AvgIpc) is 3.15. The first kappa shape index (κ1) is 23.3. The van der Waals surface area contributed by atoms with Crippen LogP contribution in [-0.2, 0) is 7.05 Å². The molecule has 0 spiro atoms. The zero-order valence-electron chi connectivity index (χ0n) is 19.3. The molecule has 0 amide bonds. The van der Waals surface area contributed by atoms with E-state index in [1.807, 2.05) is 0 Å². The highest BCUT2D eigenvalue weighted by Gasteiger charge is 2.61. The molecule has 0 unspecified atom stereocenters. The number of hydrogen-bond donors (Lipinski definition) is 2. The van der Waals surface area contributed by atoms with E-state index in [-0.39, 0.29) is 42.1 Å². The molecule has 3 atom stereocenters. The summed E-state index contributed by atoms with van der Waals surface area (Å²) in [5.41, 5.74) is -0.339. The van der Waals surface area contributed by atoms with Crippen LogP contribution >= 0.6 is 0 Å². The summed E-state index contributed by atoms with van der Waals surface area (Å²) in [7, 11) is 3.36. The van der Waals surface area contributed by atoms with E-state index in [2.05, 4.69) is 20.5 Å². The van der Waals surface area contributed by atoms with E-state index < -0.39 is 11.7 Å². The van der Waals surface area contributed by atoms with Gasteiger partial charge in [-0.25, -0.2) is 4.98 Å². The van der Waals surface area contributed by atoms with E-state index in [1.54, 1.807) is 43.4 Å². The molecule has 4 heterocycles. The van der Waals surface area contributed by atoms with Crippen LogP contribution in [0.1, 0.15) is 25.7 Å². The standard InChI is InChI=1S/C24H25F3N6O2/c1-32-8-6-15(10-21(32)35)14-3-4-18(19(34)9-14)22-28-13-20(30-31-22)33(2)17-11-16-5-7-23(12-17,29-16)24(25,26)27/h3-4,6,8-10,13,16-17,29,34H,5,7,11-12H2,1-2H3/t16-,17-,23+/m0/s1. The number of anilines is 1. The Bertz CT molecular complexity index is 1310. The number of fused-ring (bicyclic) bond motifs is 2. The molecule has 0 radical (unpaired) electrons. The lowest BCUT2D eigenvalue weighted by atomic mass is 9.86. The van der Waals surface area contributed by atoms with Gasteiger partial charge in [-0.1, -0.05) is 6.07 Å². The largest absolute Gasteiger partial charge is 0.507 e. The number of aromatic hydroxyl groups is 1. The average molecular weight is 486 g/mol. The van der Waals surface area contributed by atoms with Gasteiger partial charge >= 0.3 is 6.18 Å². The number of nitrogens with one attached hydrogen (secondary N) is 1. The van der Waals surface area contributed by atoms with Gasteiger partial charge in [0, 0.05) is 38.4 Å². The number of halogens is 3. The molecule has 2 aromatic heterocycles. The fraction of sp³-hybridized carbons (Fsp3) is 0.417. The predicted molar refractivity (Wildman–Crippen MR) is 124 cm³/mol. The topological polar surface area (TPSA) is 96.2 Å². The number of hydrogen-bond acceptors (Lipinski definition) is 7. The van der Waals surface area contributed by atoms with Crippen LogP contribution in [0.4, 0.5) is 19.0 Å². The molecule has 2 aliphatic rings. The molecule has 11 heteroatoms. The SMILES string of the molecule is CN(c1cnc(-c2ccc(-c3ccn(C)c(=O)c3)cc2O)nn1)[C@H]1C[C@@H]2CC[C@](C(F)(F)F)(C1)N2. The number of alkyl halides is 3. The number of phenolic OH excluding ortho intramolecular Hbond substituents is 1. The molecule has 184 valence electrons. The van der Waals surface area contributed by atoms with Crippen LogP contribution in [0.15, 0.2) is 47.5 Å². The fourth-order valence-electron chi connectivity index (χ4n) is 5.11. The first-order valence-corrected chi connectivity index (χ1v) is 11.3. The molecule has 2 saturated heterocycles. The van der Waals surface area contributed by atoms with E-state index >= 15 is 0 Å². The molecule has 35 heavy (non-hydrogen) atoms. The number of phenols is 1. The summed E-state index contributed by atoms with van der Waals surface area (Å²) in [5, 5.41) is 21.7. The molecule has 0 saturated carbocycles. The normalized spacial score (nSPS) is 23.9. The van der Waals surface area contributed by atoms with Gasteiger partial charge in [-0.3, -0.25) is 4.79 Å². The van der Waals surface area contributed by atoms with Gasteiger partial charge in [-0.05, 0) is 55.0 Å². The van der Waals surface area contributed by atoms with Crippen LogP contribution < -0.4 is 15.8 Å². The Morgan fingerprint density at radius 2 is 1.97 bits per heavy atom. The highest BCUT2D eigenvalue weighted by molar-refractivity contribution is 5.72. The monoisotopic (exact) mass is 486 g/mol. The molecular weight excluding hydrogens is 461 g/mol. The van der Waals surface area contributed by atoms with Crippen LogP contribution in [0.3, 0.4) is 0 Å². The maximum atomic E-state index is 13.8. The van der Waals surface area contributed by atoms with E-state index in [0.29, 0.717) is 35.3 Å². The number of aromatic nitrogens is 4. The molecule has 2 aliphatic heterocycles. The smallest absolute Gasteiger partial charge is 0.406 e. The highest BCUT2D eigenvalue weighted by atomic mass is 19.4. The zero-order valence-corrected chi connectivity index (χ0v) is 19.3. The first-order valence-electron chi connectivity index (χ1n) is 11.3. The Morgan fingerprint density at radius 3 is 2.63 bits per heavy atom. The van der Waals surface area contributed by atoms with Gasteiger partial charge in [0.1, 0.15) is 11.3 Å². The molecule has 2 N–H and O–H groups in total. The summed E-state index contributed by atoms with van der Waals surface area (Å²) in [4.78, 5) is 17.9. The van der Waals surface area contributed by atoms with Crippen molar-refractivity contribution in [2.24, 2.45) is 7.05 Å². The Morgan fingerprint density at radius 1 is 1.20 bits per heavy atom. The van der Waals surface area contributed by atoms with Gasteiger partial charge < -0.3 is 19.9 Å². The molecule has 0 aliphatic carbocycles. The van der Waals surface area contributed by atoms with Crippen LogP contribution in [-0.4, -0.2) is 55.7 Å². The van der Waals surface area contributed by atoms with Crippen molar-refractivity contribution in [2.45, 2.75) is 49.5 Å². The maximum Gasteiger partial charge on any atom is 0.406 e. The lowest BCUT2D eigenvalue weighted by Gasteiger charge is -2.43. The minimum absolute atomic E-state index is 0.0578. The Balaban J connectivity index is 1.35. The summed E-state index contributed by atoms with van der Waals surface area (Å²) >= 11 is 0. The van der Waals surface area contributed by atoms with Gasteiger partial charge in [-0.15, -0.1) is 10.2 Å². The van der Waals surface area contributed by atoms with Gasteiger partial charge in [0.2, 0.25) is 0 Å². The van der Waals surface area contributed by atoms with Crippen LogP contribution in [0.5, 0.6) is 5.75 Å². The van der Waals surface area contributed by atoms with Crippen molar-refractivity contribution in [2.75, 3.05) is 11.9 Å². The van der Waals surface area contributed by atoms with Crippen LogP contribution in [0.25, 0.3) is 22.5 Å². The Labute approximate surface area is 199 Å². The second-order valence-electron chi connectivity index (χ2n) is 9.40. The van der Waals surface area contributed by atoms with Crippen LogP contribution in [0.2, 0.25) is 0 Å².